The topological polar surface area (TPSA) is 64.3 Å². The average molecular weight is 253 g/mol. The SMILES string of the molecule is COCC(C)C(=O)NC(C)(CN)C(C)C.Cl. The Bertz CT molecular complexity index is 212. The Hall–Kier alpha value is -0.320. The molecule has 0 aromatic carbocycles. The molecule has 0 aliphatic heterocycles. The van der Waals surface area contributed by atoms with Crippen molar-refractivity contribution < 1.29 is 9.53 Å². The summed E-state index contributed by atoms with van der Waals surface area (Å²) in [5, 5.41) is 2.98. The molecule has 0 heterocycles. The molecule has 0 saturated heterocycles. The molecular formula is C11H25ClN2O2. The molecular weight excluding hydrogens is 228 g/mol. The third-order valence-electron chi connectivity index (χ3n) is 2.97. The summed E-state index contributed by atoms with van der Waals surface area (Å²) < 4.78 is 4.94. The summed E-state index contributed by atoms with van der Waals surface area (Å²) in [6, 6.07) is 0. The highest BCUT2D eigenvalue weighted by Gasteiger charge is 2.29. The van der Waals surface area contributed by atoms with Gasteiger partial charge in [0.1, 0.15) is 0 Å². The van der Waals surface area contributed by atoms with E-state index in [2.05, 4.69) is 5.32 Å². The highest BCUT2D eigenvalue weighted by Crippen LogP contribution is 2.15. The van der Waals surface area contributed by atoms with Crippen molar-refractivity contribution in [1.29, 1.82) is 0 Å². The molecule has 0 aliphatic rings. The van der Waals surface area contributed by atoms with E-state index >= 15 is 0 Å². The molecule has 0 rings (SSSR count). The maximum Gasteiger partial charge on any atom is 0.225 e. The molecule has 3 N–H and O–H groups in total. The van der Waals surface area contributed by atoms with Gasteiger partial charge in [0.2, 0.25) is 5.91 Å². The Labute approximate surface area is 105 Å². The number of methoxy groups -OCH3 is 1. The van der Waals surface area contributed by atoms with E-state index < -0.39 is 0 Å². The first-order valence-electron chi connectivity index (χ1n) is 5.38. The molecule has 0 bridgehead atoms. The summed E-state index contributed by atoms with van der Waals surface area (Å²) in [5.74, 6) is 0.166. The molecule has 0 aromatic rings. The summed E-state index contributed by atoms with van der Waals surface area (Å²) in [6.07, 6.45) is 0. The highest BCUT2D eigenvalue weighted by molar-refractivity contribution is 5.85. The summed E-state index contributed by atoms with van der Waals surface area (Å²) >= 11 is 0. The van der Waals surface area contributed by atoms with Gasteiger partial charge >= 0.3 is 0 Å². The molecule has 4 nitrogen and oxygen atoms in total. The van der Waals surface area contributed by atoms with E-state index in [1.54, 1.807) is 7.11 Å². The largest absolute Gasteiger partial charge is 0.384 e. The van der Waals surface area contributed by atoms with E-state index in [1.807, 2.05) is 27.7 Å². The van der Waals surface area contributed by atoms with Crippen LogP contribution in [0.15, 0.2) is 0 Å². The van der Waals surface area contributed by atoms with Crippen molar-refractivity contribution in [2.45, 2.75) is 33.2 Å². The smallest absolute Gasteiger partial charge is 0.225 e. The molecule has 0 saturated carbocycles. The van der Waals surface area contributed by atoms with Crippen molar-refractivity contribution in [3.63, 3.8) is 0 Å². The minimum Gasteiger partial charge on any atom is -0.384 e. The fourth-order valence-corrected chi connectivity index (χ4v) is 1.16. The Morgan fingerprint density at radius 1 is 1.44 bits per heavy atom. The standard InChI is InChI=1S/C11H24N2O2.ClH/c1-8(2)11(4,7-12)13-10(14)9(3)6-15-5;/h8-9H,6-7,12H2,1-5H3,(H,13,14);1H. The Morgan fingerprint density at radius 2 is 1.94 bits per heavy atom. The van der Waals surface area contributed by atoms with Crippen LogP contribution in [0, 0.1) is 11.8 Å². The first-order chi connectivity index (χ1) is 6.87. The third-order valence-corrected chi connectivity index (χ3v) is 2.97. The van der Waals surface area contributed by atoms with Gasteiger partial charge in [-0.15, -0.1) is 12.4 Å². The second-order valence-corrected chi connectivity index (χ2v) is 4.62. The highest BCUT2D eigenvalue weighted by atomic mass is 35.5. The van der Waals surface area contributed by atoms with Gasteiger partial charge in [0.25, 0.3) is 0 Å². The molecule has 98 valence electrons. The predicted octanol–water partition coefficient (Wildman–Crippen LogP) is 1.18. The number of nitrogens with one attached hydrogen (secondary N) is 1. The van der Waals surface area contributed by atoms with E-state index in [1.165, 1.54) is 0 Å². The van der Waals surface area contributed by atoms with Crippen LogP contribution >= 0.6 is 12.4 Å². The first-order valence-corrected chi connectivity index (χ1v) is 5.38. The summed E-state index contributed by atoms with van der Waals surface area (Å²) in [4.78, 5) is 11.8. The van der Waals surface area contributed by atoms with E-state index in [9.17, 15) is 4.79 Å². The Morgan fingerprint density at radius 3 is 2.25 bits per heavy atom. The first kappa shape index (κ1) is 18.1. The number of hydrogen-bond donors (Lipinski definition) is 2. The van der Waals surface area contributed by atoms with Gasteiger partial charge in [-0.1, -0.05) is 20.8 Å². The summed E-state index contributed by atoms with van der Waals surface area (Å²) in [5.41, 5.74) is 5.35. The molecule has 2 unspecified atom stereocenters. The molecule has 1 amide bonds. The quantitative estimate of drug-likeness (QED) is 0.746. The lowest BCUT2D eigenvalue weighted by molar-refractivity contribution is -0.128. The number of halogens is 1. The zero-order valence-corrected chi connectivity index (χ0v) is 11.7. The second kappa shape index (κ2) is 7.87. The minimum absolute atomic E-state index is 0. The van der Waals surface area contributed by atoms with E-state index in [0.29, 0.717) is 19.1 Å². The van der Waals surface area contributed by atoms with Gasteiger partial charge in [0.15, 0.2) is 0 Å². The zero-order chi connectivity index (χ0) is 12.1. The predicted molar refractivity (Wildman–Crippen MR) is 68.7 cm³/mol. The molecule has 0 aromatic heterocycles. The summed E-state index contributed by atoms with van der Waals surface area (Å²) in [7, 11) is 1.59. The van der Waals surface area contributed by atoms with Crippen LogP contribution in [0.2, 0.25) is 0 Å². The van der Waals surface area contributed by atoms with Crippen LogP contribution < -0.4 is 11.1 Å². The van der Waals surface area contributed by atoms with Gasteiger partial charge in [0.05, 0.1) is 18.1 Å². The van der Waals surface area contributed by atoms with Crippen molar-refractivity contribution >= 4 is 18.3 Å². The van der Waals surface area contributed by atoms with Gasteiger partial charge < -0.3 is 15.8 Å². The maximum atomic E-state index is 11.8. The Kier molecular flexibility index (Phi) is 8.88. The molecule has 16 heavy (non-hydrogen) atoms. The number of carbonyl (C=O) groups is 1. The fourth-order valence-electron chi connectivity index (χ4n) is 1.16. The van der Waals surface area contributed by atoms with Crippen LogP contribution in [0.3, 0.4) is 0 Å². The van der Waals surface area contributed by atoms with Crippen LogP contribution in [0.1, 0.15) is 27.7 Å². The number of carbonyl (C=O) groups excluding carboxylic acids is 1. The van der Waals surface area contributed by atoms with Gasteiger partial charge in [-0.2, -0.15) is 0 Å². The van der Waals surface area contributed by atoms with Gasteiger partial charge in [0, 0.05) is 13.7 Å². The van der Waals surface area contributed by atoms with Crippen molar-refractivity contribution in [3.8, 4) is 0 Å². The van der Waals surface area contributed by atoms with Gasteiger partial charge in [-0.05, 0) is 12.8 Å². The number of ether oxygens (including phenoxy) is 1. The summed E-state index contributed by atoms with van der Waals surface area (Å²) in [6.45, 7) is 8.79. The van der Waals surface area contributed by atoms with Crippen molar-refractivity contribution in [2.24, 2.45) is 17.6 Å². The lowest BCUT2D eigenvalue weighted by Crippen LogP contribution is -2.56. The van der Waals surface area contributed by atoms with Gasteiger partial charge in [-0.3, -0.25) is 4.79 Å². The fraction of sp³-hybridized carbons (Fsp3) is 0.909. The van der Waals surface area contributed by atoms with E-state index in [4.69, 9.17) is 10.5 Å². The van der Waals surface area contributed by atoms with Crippen LogP contribution in [-0.2, 0) is 9.53 Å². The van der Waals surface area contributed by atoms with Crippen molar-refractivity contribution in [1.82, 2.24) is 5.32 Å². The van der Waals surface area contributed by atoms with Crippen molar-refractivity contribution in [2.75, 3.05) is 20.3 Å². The number of rotatable bonds is 6. The molecule has 0 aliphatic carbocycles. The second-order valence-electron chi connectivity index (χ2n) is 4.62. The number of hydrogen-bond acceptors (Lipinski definition) is 3. The molecule has 0 fully saturated rings. The van der Waals surface area contributed by atoms with Crippen LogP contribution in [0.25, 0.3) is 0 Å². The van der Waals surface area contributed by atoms with E-state index in [0.717, 1.165) is 0 Å². The molecule has 0 radical (unpaired) electrons. The lowest BCUT2D eigenvalue weighted by Gasteiger charge is -2.34. The average Bonchev–Trinajstić information content (AvgIpc) is 2.17. The molecule has 5 heteroatoms. The van der Waals surface area contributed by atoms with Crippen LogP contribution in [-0.4, -0.2) is 31.7 Å². The third kappa shape index (κ3) is 5.14. The monoisotopic (exact) mass is 252 g/mol. The number of nitrogens with two attached hydrogens (primary N) is 1. The van der Waals surface area contributed by atoms with E-state index in [-0.39, 0.29) is 29.8 Å². The maximum absolute atomic E-state index is 11.8. The zero-order valence-electron chi connectivity index (χ0n) is 10.9. The molecule has 2 atom stereocenters. The lowest BCUT2D eigenvalue weighted by atomic mass is 9.88. The molecule has 0 spiro atoms. The van der Waals surface area contributed by atoms with Gasteiger partial charge in [-0.25, -0.2) is 0 Å². The minimum atomic E-state index is -0.334. The van der Waals surface area contributed by atoms with Crippen molar-refractivity contribution in [3.05, 3.63) is 0 Å². The normalized spacial score (nSPS) is 16.2. The Balaban J connectivity index is 0. The van der Waals surface area contributed by atoms with Crippen LogP contribution in [0.5, 0.6) is 0 Å². The number of amides is 1. The van der Waals surface area contributed by atoms with Crippen LogP contribution in [0.4, 0.5) is 0 Å².